The summed E-state index contributed by atoms with van der Waals surface area (Å²) in [5.74, 6) is -5.25. The number of phenolic OH excluding ortho intramolecular Hbond substituents is 2. The van der Waals surface area contributed by atoms with Crippen LogP contribution in [0.5, 0.6) is 11.5 Å². The van der Waals surface area contributed by atoms with Crippen LogP contribution >= 0.6 is 11.8 Å². The molecular formula is C33H43F5O4S. The number of unbranched alkanes of at least 4 members (excludes halogenated alkanes) is 5. The van der Waals surface area contributed by atoms with Crippen LogP contribution in [0.25, 0.3) is 0 Å². The molecule has 1 aliphatic heterocycles. The van der Waals surface area contributed by atoms with Gasteiger partial charge in [0.1, 0.15) is 11.5 Å². The maximum atomic E-state index is 13.1. The van der Waals surface area contributed by atoms with Gasteiger partial charge in [-0.05, 0) is 73.4 Å². The Morgan fingerprint density at radius 2 is 1.51 bits per heavy atom. The summed E-state index contributed by atoms with van der Waals surface area (Å²) in [6.45, 7) is 2.18. The van der Waals surface area contributed by atoms with Gasteiger partial charge in [0.2, 0.25) is 0 Å². The number of hydrogen-bond acceptors (Lipinski definition) is 4. The average Bonchev–Trinajstić information content (AvgIpc) is 2.93. The van der Waals surface area contributed by atoms with E-state index in [1.54, 1.807) is 30.0 Å². The van der Waals surface area contributed by atoms with Gasteiger partial charge >= 0.3 is 18.1 Å². The zero-order chi connectivity index (χ0) is 31.7. The second-order valence-corrected chi connectivity index (χ2v) is 12.9. The lowest BCUT2D eigenvalue weighted by molar-refractivity contribution is -0.284. The molecule has 4 nitrogen and oxygen atoms in total. The summed E-state index contributed by atoms with van der Waals surface area (Å²) in [5, 5.41) is 29.4. The molecule has 2 aromatic rings. The zero-order valence-corrected chi connectivity index (χ0v) is 25.5. The van der Waals surface area contributed by atoms with E-state index in [0.717, 1.165) is 62.0 Å². The molecule has 0 fully saturated rings. The van der Waals surface area contributed by atoms with Crippen LogP contribution in [0, 0.1) is 5.92 Å². The predicted molar refractivity (Wildman–Crippen MR) is 159 cm³/mol. The van der Waals surface area contributed by atoms with Crippen molar-refractivity contribution in [3.8, 4) is 11.5 Å². The molecule has 0 radical (unpaired) electrons. The summed E-state index contributed by atoms with van der Waals surface area (Å²) in [4.78, 5) is 12.6. The first-order valence-electron chi connectivity index (χ1n) is 15.2. The van der Waals surface area contributed by atoms with E-state index in [0.29, 0.717) is 6.42 Å². The van der Waals surface area contributed by atoms with Gasteiger partial charge in [-0.3, -0.25) is 4.79 Å². The van der Waals surface area contributed by atoms with Crippen molar-refractivity contribution in [2.45, 2.75) is 119 Å². The molecule has 3 unspecified atom stereocenters. The van der Waals surface area contributed by atoms with Gasteiger partial charge in [-0.1, -0.05) is 70.1 Å². The number of carbonyl (C=O) groups is 1. The van der Waals surface area contributed by atoms with Crippen molar-refractivity contribution >= 4 is 17.7 Å². The lowest BCUT2D eigenvalue weighted by atomic mass is 9.64. The Balaban J connectivity index is 1.51. The number of rotatable bonds is 17. The molecule has 0 saturated carbocycles. The van der Waals surface area contributed by atoms with Gasteiger partial charge in [0.15, 0.2) is 0 Å². The van der Waals surface area contributed by atoms with Crippen molar-refractivity contribution in [2.24, 2.45) is 5.92 Å². The number of phenols is 2. The minimum Gasteiger partial charge on any atom is -0.508 e. The number of halogens is 5. The molecule has 10 heteroatoms. The Hall–Kier alpha value is -2.49. The number of alkyl halides is 5. The van der Waals surface area contributed by atoms with Gasteiger partial charge in [-0.25, -0.2) is 0 Å². The van der Waals surface area contributed by atoms with Crippen molar-refractivity contribution in [2.75, 3.05) is 5.75 Å². The van der Waals surface area contributed by atoms with E-state index in [4.69, 9.17) is 0 Å². The van der Waals surface area contributed by atoms with Crippen LogP contribution < -0.4 is 0 Å². The maximum Gasteiger partial charge on any atom is 0.453 e. The van der Waals surface area contributed by atoms with Crippen LogP contribution in [0.1, 0.15) is 107 Å². The van der Waals surface area contributed by atoms with E-state index in [1.807, 2.05) is 24.3 Å². The molecule has 3 atom stereocenters. The molecule has 3 rings (SSSR count). The number of aromatic hydroxyl groups is 2. The van der Waals surface area contributed by atoms with Crippen LogP contribution in [-0.4, -0.2) is 39.1 Å². The van der Waals surface area contributed by atoms with E-state index >= 15 is 0 Å². The number of carboxylic acid groups (broad SMARTS) is 1. The summed E-state index contributed by atoms with van der Waals surface area (Å²) in [7, 11) is 0. The first-order valence-corrected chi connectivity index (χ1v) is 16.2. The second-order valence-electron chi connectivity index (χ2n) is 11.8. The number of thioether (sulfide) groups is 1. The first kappa shape index (κ1) is 35.0. The quantitative estimate of drug-likeness (QED) is 0.120. The lowest BCUT2D eigenvalue weighted by Crippen LogP contribution is -2.39. The fourth-order valence-corrected chi connectivity index (χ4v) is 7.94. The molecule has 3 N–H and O–H groups in total. The third-order valence-electron chi connectivity index (χ3n) is 8.77. The van der Waals surface area contributed by atoms with Crippen LogP contribution in [0.3, 0.4) is 0 Å². The summed E-state index contributed by atoms with van der Waals surface area (Å²) in [6, 6.07) is 13.2. The largest absolute Gasteiger partial charge is 0.508 e. The van der Waals surface area contributed by atoms with E-state index < -0.39 is 36.8 Å². The van der Waals surface area contributed by atoms with E-state index in [2.05, 4.69) is 6.92 Å². The highest BCUT2D eigenvalue weighted by molar-refractivity contribution is 7.99. The van der Waals surface area contributed by atoms with Crippen molar-refractivity contribution in [1.29, 1.82) is 0 Å². The molecule has 0 spiro atoms. The number of aliphatic carboxylic acids is 1. The molecular weight excluding hydrogens is 587 g/mol. The number of hydrogen-bond donors (Lipinski definition) is 3. The third-order valence-corrected chi connectivity index (χ3v) is 10.1. The van der Waals surface area contributed by atoms with Crippen LogP contribution in [0.4, 0.5) is 22.0 Å². The Morgan fingerprint density at radius 3 is 2.14 bits per heavy atom. The van der Waals surface area contributed by atoms with Crippen molar-refractivity contribution in [3.63, 3.8) is 0 Å². The molecule has 0 aliphatic carbocycles. The van der Waals surface area contributed by atoms with E-state index in [1.165, 1.54) is 11.1 Å². The van der Waals surface area contributed by atoms with Crippen molar-refractivity contribution in [3.05, 3.63) is 53.6 Å². The number of fused-ring (bicyclic) bond motifs is 1. The molecule has 0 saturated heterocycles. The topological polar surface area (TPSA) is 77.8 Å². The molecule has 240 valence electrons. The van der Waals surface area contributed by atoms with Crippen LogP contribution in [0.15, 0.2) is 47.4 Å². The zero-order valence-electron chi connectivity index (χ0n) is 24.6. The summed E-state index contributed by atoms with van der Waals surface area (Å²) in [5.41, 5.74) is 2.34. The Labute approximate surface area is 255 Å². The fraction of sp³-hybridized carbons (Fsp3) is 0.606. The van der Waals surface area contributed by atoms with Crippen LogP contribution in [0.2, 0.25) is 0 Å². The molecule has 1 aliphatic rings. The molecule has 0 bridgehead atoms. The lowest BCUT2D eigenvalue weighted by Gasteiger charge is -2.46. The van der Waals surface area contributed by atoms with Gasteiger partial charge < -0.3 is 15.3 Å². The van der Waals surface area contributed by atoms with Gasteiger partial charge in [0, 0.05) is 22.5 Å². The second kappa shape index (κ2) is 15.5. The molecule has 0 aromatic heterocycles. The normalized spacial score (nSPS) is 19.6. The number of benzene rings is 2. The first-order chi connectivity index (χ1) is 20.3. The van der Waals surface area contributed by atoms with Crippen LogP contribution in [-0.2, 0) is 10.2 Å². The van der Waals surface area contributed by atoms with Gasteiger partial charge in [0.25, 0.3) is 0 Å². The molecule has 2 aromatic carbocycles. The summed E-state index contributed by atoms with van der Waals surface area (Å²) < 4.78 is 63.3. The third kappa shape index (κ3) is 9.25. The van der Waals surface area contributed by atoms with Crippen molar-refractivity contribution in [1.82, 2.24) is 0 Å². The monoisotopic (exact) mass is 630 g/mol. The number of carboxylic acids is 1. The minimum absolute atomic E-state index is 0.104. The molecule has 0 amide bonds. The maximum absolute atomic E-state index is 13.1. The highest BCUT2D eigenvalue weighted by Gasteiger charge is 2.56. The van der Waals surface area contributed by atoms with E-state index in [-0.39, 0.29) is 35.7 Å². The predicted octanol–water partition coefficient (Wildman–Crippen LogP) is 10.2. The van der Waals surface area contributed by atoms with E-state index in [9.17, 15) is 42.1 Å². The summed E-state index contributed by atoms with van der Waals surface area (Å²) >= 11 is 1.77. The standard InChI is InChI=1S/C33H43F5O4S/c1-2-19-31(24-13-15-25(39)16-14-24)22-43-29-21-26(40)17-18-27(29)28(31)12-8-6-4-3-5-7-10-23(30(41)42)11-9-20-32(34,35)33(36,37)38/h13-18,21,23,28,39-40H,2-12,19-20,22H2,1H3,(H,41,42). The highest BCUT2D eigenvalue weighted by atomic mass is 32.2. The minimum atomic E-state index is -5.61. The fourth-order valence-electron chi connectivity index (χ4n) is 6.44. The smallest absolute Gasteiger partial charge is 0.453 e. The Kier molecular flexibility index (Phi) is 12.6. The van der Waals surface area contributed by atoms with Gasteiger partial charge in [-0.15, -0.1) is 11.8 Å². The highest BCUT2D eigenvalue weighted by Crippen LogP contribution is 2.55. The SMILES string of the molecule is CCCC1(c2ccc(O)cc2)CSc2cc(O)ccc2C1CCCCCCCCC(CCCC(F)(F)C(F)(F)F)C(=O)O. The van der Waals surface area contributed by atoms with Gasteiger partial charge in [-0.2, -0.15) is 22.0 Å². The molecule has 43 heavy (non-hydrogen) atoms. The Bertz CT molecular complexity index is 1170. The molecule has 1 heterocycles. The van der Waals surface area contributed by atoms with Crippen molar-refractivity contribution < 1.29 is 42.1 Å². The Morgan fingerprint density at radius 1 is 0.907 bits per heavy atom. The summed E-state index contributed by atoms with van der Waals surface area (Å²) in [6.07, 6.45) is 0.731. The van der Waals surface area contributed by atoms with Gasteiger partial charge in [0.05, 0.1) is 5.92 Å². The average molecular weight is 631 g/mol.